The largest absolute Gasteiger partial charge is 0.391 e. The molecule has 19 heavy (non-hydrogen) atoms. The number of hydrogen-bond acceptors (Lipinski definition) is 2. The maximum absolute atomic E-state index is 12.7. The first-order valence-corrected chi connectivity index (χ1v) is 6.26. The van der Waals surface area contributed by atoms with Gasteiger partial charge in [0, 0.05) is 0 Å². The molecule has 2 aromatic carbocycles. The van der Waals surface area contributed by atoms with Gasteiger partial charge in [-0.25, -0.2) is 4.39 Å². The molecule has 2 nitrogen and oxygen atoms in total. The summed E-state index contributed by atoms with van der Waals surface area (Å²) in [6.07, 6.45) is 2.60. The molecule has 0 aliphatic heterocycles. The van der Waals surface area contributed by atoms with Crippen LogP contribution in [0.3, 0.4) is 0 Å². The molecule has 0 saturated heterocycles. The average Bonchev–Trinajstić information content (AvgIpc) is 2.46. The van der Waals surface area contributed by atoms with E-state index in [-0.39, 0.29) is 5.82 Å². The topological polar surface area (TPSA) is 21.6 Å². The molecular weight excluding hydrogens is 241 g/mol. The highest BCUT2D eigenvalue weighted by molar-refractivity contribution is 5.78. The molecule has 0 aliphatic rings. The highest BCUT2D eigenvalue weighted by atomic mass is 19.1. The summed E-state index contributed by atoms with van der Waals surface area (Å²) in [5.41, 5.74) is 3.19. The first-order valence-electron chi connectivity index (χ1n) is 6.26. The summed E-state index contributed by atoms with van der Waals surface area (Å²) in [5, 5.41) is 3.86. The van der Waals surface area contributed by atoms with E-state index in [1.54, 1.807) is 18.3 Å². The Hall–Kier alpha value is -2.16. The molecule has 0 heterocycles. The van der Waals surface area contributed by atoms with Crippen LogP contribution in [0.1, 0.15) is 23.6 Å². The second-order valence-electron chi connectivity index (χ2n) is 4.23. The van der Waals surface area contributed by atoms with Crippen LogP contribution in [0, 0.1) is 5.82 Å². The van der Waals surface area contributed by atoms with Gasteiger partial charge in [-0.05, 0) is 35.2 Å². The van der Waals surface area contributed by atoms with Gasteiger partial charge < -0.3 is 4.84 Å². The van der Waals surface area contributed by atoms with Crippen molar-refractivity contribution in [2.45, 2.75) is 20.0 Å². The lowest BCUT2D eigenvalue weighted by Gasteiger charge is -2.01. The highest BCUT2D eigenvalue weighted by Gasteiger charge is 1.94. The minimum atomic E-state index is -0.255. The molecule has 0 bridgehead atoms. The molecule has 0 spiro atoms. The van der Waals surface area contributed by atoms with Gasteiger partial charge >= 0.3 is 0 Å². The van der Waals surface area contributed by atoms with E-state index in [0.29, 0.717) is 6.61 Å². The Balaban J connectivity index is 1.83. The molecule has 98 valence electrons. The van der Waals surface area contributed by atoms with Crippen LogP contribution in [0.4, 0.5) is 4.39 Å². The van der Waals surface area contributed by atoms with E-state index in [1.165, 1.54) is 17.7 Å². The van der Waals surface area contributed by atoms with Crippen LogP contribution in [0.25, 0.3) is 0 Å². The molecule has 0 amide bonds. The highest BCUT2D eigenvalue weighted by Crippen LogP contribution is 2.06. The van der Waals surface area contributed by atoms with Crippen LogP contribution in [-0.4, -0.2) is 6.21 Å². The molecule has 2 rings (SSSR count). The van der Waals surface area contributed by atoms with Gasteiger partial charge in [0.15, 0.2) is 0 Å². The van der Waals surface area contributed by atoms with E-state index in [9.17, 15) is 4.39 Å². The van der Waals surface area contributed by atoms with E-state index in [2.05, 4.69) is 24.2 Å². The fourth-order valence-corrected chi connectivity index (χ4v) is 1.63. The number of benzene rings is 2. The Morgan fingerprint density at radius 1 is 1.00 bits per heavy atom. The van der Waals surface area contributed by atoms with Crippen molar-refractivity contribution < 1.29 is 9.23 Å². The first-order chi connectivity index (χ1) is 9.28. The van der Waals surface area contributed by atoms with Crippen molar-refractivity contribution in [3.8, 4) is 0 Å². The predicted octanol–water partition coefficient (Wildman–Crippen LogP) is 3.94. The Labute approximate surface area is 112 Å². The minimum absolute atomic E-state index is 0.255. The van der Waals surface area contributed by atoms with E-state index in [1.807, 2.05) is 12.1 Å². The molecule has 0 aromatic heterocycles. The number of halogens is 1. The fourth-order valence-electron chi connectivity index (χ4n) is 1.63. The summed E-state index contributed by atoms with van der Waals surface area (Å²) in [7, 11) is 0. The van der Waals surface area contributed by atoms with Crippen LogP contribution >= 0.6 is 0 Å². The smallest absolute Gasteiger partial charge is 0.142 e. The van der Waals surface area contributed by atoms with Crippen molar-refractivity contribution in [3.63, 3.8) is 0 Å². The van der Waals surface area contributed by atoms with Crippen LogP contribution in [0.15, 0.2) is 53.7 Å². The van der Waals surface area contributed by atoms with E-state index in [4.69, 9.17) is 4.84 Å². The standard InChI is InChI=1S/C16H16FNO/c1-2-13-3-5-15(6-4-13)12-19-18-11-14-7-9-16(17)10-8-14/h3-11H,2,12H2,1H3. The lowest BCUT2D eigenvalue weighted by molar-refractivity contribution is 0.132. The number of nitrogens with zero attached hydrogens (tertiary/aromatic N) is 1. The quantitative estimate of drug-likeness (QED) is 0.587. The van der Waals surface area contributed by atoms with Crippen molar-refractivity contribution in [1.29, 1.82) is 0 Å². The van der Waals surface area contributed by atoms with Crippen LogP contribution in [0.2, 0.25) is 0 Å². The van der Waals surface area contributed by atoms with Gasteiger partial charge in [0.2, 0.25) is 0 Å². The number of oxime groups is 1. The molecule has 0 aliphatic carbocycles. The summed E-state index contributed by atoms with van der Waals surface area (Å²) in [6, 6.07) is 14.3. The lowest BCUT2D eigenvalue weighted by Crippen LogP contribution is -1.89. The summed E-state index contributed by atoms with van der Waals surface area (Å²) in [5.74, 6) is -0.255. The summed E-state index contributed by atoms with van der Waals surface area (Å²) in [4.78, 5) is 5.20. The zero-order valence-electron chi connectivity index (χ0n) is 10.8. The second-order valence-corrected chi connectivity index (χ2v) is 4.23. The number of rotatable bonds is 5. The molecule has 0 unspecified atom stereocenters. The predicted molar refractivity (Wildman–Crippen MR) is 74.6 cm³/mol. The van der Waals surface area contributed by atoms with Crippen molar-refractivity contribution in [2.24, 2.45) is 5.16 Å². The molecule has 0 N–H and O–H groups in total. The van der Waals surface area contributed by atoms with E-state index < -0.39 is 0 Å². The maximum Gasteiger partial charge on any atom is 0.142 e. The van der Waals surface area contributed by atoms with Crippen molar-refractivity contribution in [1.82, 2.24) is 0 Å². The van der Waals surface area contributed by atoms with E-state index in [0.717, 1.165) is 17.5 Å². The van der Waals surface area contributed by atoms with Gasteiger partial charge in [-0.2, -0.15) is 0 Å². The van der Waals surface area contributed by atoms with Crippen LogP contribution < -0.4 is 0 Å². The Bertz CT molecular complexity index is 532. The normalized spacial score (nSPS) is 10.8. The van der Waals surface area contributed by atoms with Crippen LogP contribution in [0.5, 0.6) is 0 Å². The molecular formula is C16H16FNO. The third kappa shape index (κ3) is 4.21. The third-order valence-electron chi connectivity index (χ3n) is 2.81. The molecule has 0 fully saturated rings. The van der Waals surface area contributed by atoms with Gasteiger partial charge in [-0.1, -0.05) is 48.5 Å². The van der Waals surface area contributed by atoms with Gasteiger partial charge in [0.1, 0.15) is 12.4 Å². The maximum atomic E-state index is 12.7. The monoisotopic (exact) mass is 257 g/mol. The molecule has 0 atom stereocenters. The first kappa shape index (κ1) is 13.3. The summed E-state index contributed by atoms with van der Waals surface area (Å²) < 4.78 is 12.7. The second kappa shape index (κ2) is 6.69. The molecule has 0 radical (unpaired) electrons. The van der Waals surface area contributed by atoms with Crippen LogP contribution in [-0.2, 0) is 17.9 Å². The van der Waals surface area contributed by atoms with Gasteiger partial charge in [-0.3, -0.25) is 0 Å². The fraction of sp³-hybridized carbons (Fsp3) is 0.188. The van der Waals surface area contributed by atoms with Crippen molar-refractivity contribution in [2.75, 3.05) is 0 Å². The zero-order chi connectivity index (χ0) is 13.5. The van der Waals surface area contributed by atoms with Gasteiger partial charge in [0.05, 0.1) is 6.21 Å². The molecule has 3 heteroatoms. The Kier molecular flexibility index (Phi) is 4.67. The number of hydrogen-bond donors (Lipinski definition) is 0. The van der Waals surface area contributed by atoms with Crippen molar-refractivity contribution >= 4 is 6.21 Å². The van der Waals surface area contributed by atoms with E-state index >= 15 is 0 Å². The average molecular weight is 257 g/mol. The van der Waals surface area contributed by atoms with Gasteiger partial charge in [0.25, 0.3) is 0 Å². The zero-order valence-corrected chi connectivity index (χ0v) is 10.8. The molecule has 2 aromatic rings. The third-order valence-corrected chi connectivity index (χ3v) is 2.81. The minimum Gasteiger partial charge on any atom is -0.391 e. The lowest BCUT2D eigenvalue weighted by atomic mass is 10.1. The van der Waals surface area contributed by atoms with Crippen molar-refractivity contribution in [3.05, 3.63) is 71.0 Å². The Morgan fingerprint density at radius 3 is 2.26 bits per heavy atom. The van der Waals surface area contributed by atoms with Gasteiger partial charge in [-0.15, -0.1) is 0 Å². The number of aryl methyl sites for hydroxylation is 1. The SMILES string of the molecule is CCc1ccc(CON=Cc2ccc(F)cc2)cc1. The summed E-state index contributed by atoms with van der Waals surface area (Å²) >= 11 is 0. The Morgan fingerprint density at radius 2 is 1.63 bits per heavy atom. The summed E-state index contributed by atoms with van der Waals surface area (Å²) in [6.45, 7) is 2.56. The molecule has 0 saturated carbocycles.